The number of hydrogen-bond donors (Lipinski definition) is 5. The molecule has 8 aliphatic rings. The van der Waals surface area contributed by atoms with Crippen LogP contribution < -0.4 is 40.2 Å². The summed E-state index contributed by atoms with van der Waals surface area (Å²) in [5.41, 5.74) is 4.16. The lowest BCUT2D eigenvalue weighted by Gasteiger charge is -2.59. The van der Waals surface area contributed by atoms with Crippen LogP contribution in [0.1, 0.15) is 83.3 Å². The van der Waals surface area contributed by atoms with Gasteiger partial charge in [0.05, 0.1) is 42.6 Å². The summed E-state index contributed by atoms with van der Waals surface area (Å²) >= 11 is 3.22. The van der Waals surface area contributed by atoms with Gasteiger partial charge in [0.2, 0.25) is 12.7 Å². The van der Waals surface area contributed by atoms with Gasteiger partial charge in [-0.15, -0.1) is 11.8 Å². The topological polar surface area (TPSA) is 210 Å². The average molecular weight is 835 g/mol. The molecular formula is C40H46N6O10S2. The Morgan fingerprint density at radius 2 is 1.86 bits per heavy atom. The molecule has 3 amide bonds. The molecular weight excluding hydrogens is 789 g/mol. The van der Waals surface area contributed by atoms with Gasteiger partial charge in [-0.1, -0.05) is 12.5 Å². The lowest BCUT2D eigenvalue weighted by molar-refractivity contribution is -0.151. The summed E-state index contributed by atoms with van der Waals surface area (Å²) in [4.78, 5) is 54.1. The summed E-state index contributed by atoms with van der Waals surface area (Å²) in [7, 11) is 1.51. The third kappa shape index (κ3) is 6.36. The number of hydrogen-bond acceptors (Lipinski definition) is 15. The minimum atomic E-state index is -1.00. The van der Waals surface area contributed by atoms with Gasteiger partial charge >= 0.3 is 18.0 Å². The van der Waals surface area contributed by atoms with E-state index in [0.29, 0.717) is 58.1 Å². The predicted molar refractivity (Wildman–Crippen MR) is 211 cm³/mol. The third-order valence-electron chi connectivity index (χ3n) is 12.6. The van der Waals surface area contributed by atoms with E-state index in [1.165, 1.54) is 25.8 Å². The minimum absolute atomic E-state index is 0.0108. The van der Waals surface area contributed by atoms with Crippen molar-refractivity contribution in [3.63, 3.8) is 0 Å². The van der Waals surface area contributed by atoms with Crippen molar-refractivity contribution in [3.05, 3.63) is 39.4 Å². The number of carbonyl (C=O) groups excluding carboxylic acids is 4. The van der Waals surface area contributed by atoms with Crippen LogP contribution in [0.2, 0.25) is 0 Å². The number of fused-ring (bicyclic) bond motifs is 11. The average Bonchev–Trinajstić information content (AvgIpc) is 3.92. The number of thioether (sulfide) groups is 2. The number of amides is 3. The maximum absolute atomic E-state index is 13.9. The Kier molecular flexibility index (Phi) is 10.2. The highest BCUT2D eigenvalue weighted by Gasteiger charge is 2.59. The first kappa shape index (κ1) is 38.9. The molecule has 0 aliphatic carbocycles. The van der Waals surface area contributed by atoms with Crippen LogP contribution in [0.5, 0.6) is 28.7 Å². The summed E-state index contributed by atoms with van der Waals surface area (Å²) < 4.78 is 29.9. The quantitative estimate of drug-likeness (QED) is 0.112. The van der Waals surface area contributed by atoms with Crippen molar-refractivity contribution in [2.45, 2.75) is 112 Å². The van der Waals surface area contributed by atoms with Gasteiger partial charge in [-0.2, -0.15) is 17.0 Å². The zero-order valence-corrected chi connectivity index (χ0v) is 34.2. The third-order valence-corrected chi connectivity index (χ3v) is 15.5. The van der Waals surface area contributed by atoms with Crippen LogP contribution in [-0.4, -0.2) is 107 Å². The van der Waals surface area contributed by atoms with Crippen LogP contribution >= 0.6 is 23.5 Å². The molecule has 10 rings (SSSR count). The Morgan fingerprint density at radius 3 is 2.64 bits per heavy atom. The SMILES string of the molecule is COc1c(C)cc2c(c1O)[C@H]1N[C@H](C2)[C@H](C#N)N2C1[C@@H]1SC[C@H](NC(=O)CCCCC3SCC4NC(=O)NC43)C(=O)OC[C@H]2c2c3c(c(C)c(OC(C)=O)c21)OCO3. The molecule has 0 radical (unpaired) electrons. The number of phenols is 1. The molecule has 18 heteroatoms. The van der Waals surface area contributed by atoms with Crippen molar-refractivity contribution in [2.75, 3.05) is 32.0 Å². The van der Waals surface area contributed by atoms with E-state index in [1.54, 1.807) is 6.92 Å². The van der Waals surface area contributed by atoms with E-state index >= 15 is 0 Å². The Balaban J connectivity index is 1.07. The van der Waals surface area contributed by atoms with Gasteiger partial charge in [0.1, 0.15) is 24.4 Å². The molecule has 308 valence electrons. The number of nitrogens with one attached hydrogen (secondary N) is 4. The smallest absolute Gasteiger partial charge is 0.329 e. The van der Waals surface area contributed by atoms with Gasteiger partial charge in [-0.25, -0.2) is 9.59 Å². The number of rotatable bonds is 8. The van der Waals surface area contributed by atoms with Crippen LogP contribution in [0.25, 0.3) is 0 Å². The first-order chi connectivity index (χ1) is 28.0. The number of phenolic OH excluding ortho intramolecular Hbond substituents is 1. The fraction of sp³-hybridized carbons (Fsp3) is 0.575. The zero-order valence-electron chi connectivity index (χ0n) is 32.5. The summed E-state index contributed by atoms with van der Waals surface area (Å²) in [6, 6.07) is 0.735. The maximum Gasteiger partial charge on any atom is 0.329 e. The van der Waals surface area contributed by atoms with E-state index in [9.17, 15) is 29.5 Å². The number of nitrogens with zero attached hydrogens (tertiary/aromatic N) is 2. The number of esters is 2. The number of unbranched alkanes of at least 4 members (excludes halogenated alkanes) is 1. The maximum atomic E-state index is 13.9. The minimum Gasteiger partial charge on any atom is -0.504 e. The molecule has 4 saturated heterocycles. The molecule has 8 heterocycles. The van der Waals surface area contributed by atoms with E-state index in [0.717, 1.165) is 29.7 Å². The van der Waals surface area contributed by atoms with E-state index in [-0.39, 0.29) is 66.6 Å². The van der Waals surface area contributed by atoms with Crippen LogP contribution in [0, 0.1) is 25.2 Å². The monoisotopic (exact) mass is 834 g/mol. The molecule has 0 spiro atoms. The van der Waals surface area contributed by atoms with Gasteiger partial charge < -0.3 is 50.1 Å². The molecule has 58 heavy (non-hydrogen) atoms. The first-order valence-corrected chi connectivity index (χ1v) is 21.8. The molecule has 0 aromatic heterocycles. The fourth-order valence-corrected chi connectivity index (χ4v) is 13.3. The summed E-state index contributed by atoms with van der Waals surface area (Å²) in [6.45, 7) is 4.73. The zero-order chi connectivity index (χ0) is 40.6. The second kappa shape index (κ2) is 15.2. The van der Waals surface area contributed by atoms with Crippen molar-refractivity contribution in [3.8, 4) is 34.8 Å². The number of methoxy groups -OCH3 is 1. The molecule has 4 fully saturated rings. The number of benzene rings is 2. The molecule has 10 atom stereocenters. The Hall–Kier alpha value is -4.57. The van der Waals surface area contributed by atoms with E-state index in [2.05, 4.69) is 32.2 Å². The fourth-order valence-electron chi connectivity index (χ4n) is 10.2. The molecule has 0 saturated carbocycles. The molecule has 4 bridgehead atoms. The van der Waals surface area contributed by atoms with E-state index < -0.39 is 47.4 Å². The van der Waals surface area contributed by atoms with Crippen LogP contribution in [0.15, 0.2) is 6.07 Å². The largest absolute Gasteiger partial charge is 0.504 e. The van der Waals surface area contributed by atoms with Gasteiger partial charge in [-0.3, -0.25) is 14.5 Å². The van der Waals surface area contributed by atoms with Gasteiger partial charge in [-0.05, 0) is 44.2 Å². The van der Waals surface area contributed by atoms with E-state index in [1.807, 2.05) is 24.8 Å². The number of nitriles is 1. The van der Waals surface area contributed by atoms with Crippen molar-refractivity contribution >= 4 is 47.4 Å². The highest BCUT2D eigenvalue weighted by atomic mass is 32.2. The molecule has 2 aromatic carbocycles. The number of carbonyl (C=O) groups is 4. The number of urea groups is 1. The Bertz CT molecular complexity index is 2130. The van der Waals surface area contributed by atoms with Crippen molar-refractivity contribution in [2.24, 2.45) is 0 Å². The van der Waals surface area contributed by atoms with Crippen LogP contribution in [0.4, 0.5) is 4.79 Å². The summed E-state index contributed by atoms with van der Waals surface area (Å²) in [6.07, 6.45) is 2.92. The molecule has 8 aliphatic heterocycles. The summed E-state index contributed by atoms with van der Waals surface area (Å²) in [5, 5.41) is 35.1. The Labute approximate surface area is 343 Å². The van der Waals surface area contributed by atoms with E-state index in [4.69, 9.17) is 23.7 Å². The van der Waals surface area contributed by atoms with Crippen LogP contribution in [-0.2, 0) is 25.5 Å². The normalized spacial score (nSPS) is 31.4. The van der Waals surface area contributed by atoms with Gasteiger partial charge in [0.15, 0.2) is 23.0 Å². The van der Waals surface area contributed by atoms with Crippen molar-refractivity contribution in [1.29, 1.82) is 5.26 Å². The standard InChI is InChI=1S/C40H46N6O10S2/c1-16-9-19-10-20-23(11-41)46-24-12-53-39(50)22(42-26(48)8-6-5-7-25-30-21(13-57-25)44-40(51)45-30)14-58-38(32(46)31(43-20)27(19)33(49)34(16)52-4)29-28(24)37-36(54-15-55-37)17(2)35(29)56-18(3)47/h9,20-25,30-32,38,43,49H,5-8,10,12-15H2,1-4H3,(H,42,48)(H2,44,45,51)/t20-,21?,22+,23+,24+,25?,30?,31-,32?,38-/m1/s1. The summed E-state index contributed by atoms with van der Waals surface area (Å²) in [5.74, 6) is 1.07. The van der Waals surface area contributed by atoms with Gasteiger partial charge in [0.25, 0.3) is 0 Å². The highest BCUT2D eigenvalue weighted by Crippen LogP contribution is 2.62. The lowest BCUT2D eigenvalue weighted by atomic mass is 9.72. The van der Waals surface area contributed by atoms with Crippen molar-refractivity contribution < 1.29 is 48.0 Å². The molecule has 5 N–H and O–H groups in total. The molecule has 2 aromatic rings. The van der Waals surface area contributed by atoms with Crippen molar-refractivity contribution in [1.82, 2.24) is 26.2 Å². The predicted octanol–water partition coefficient (Wildman–Crippen LogP) is 3.10. The first-order valence-electron chi connectivity index (χ1n) is 19.7. The van der Waals surface area contributed by atoms with Gasteiger partial charge in [0, 0.05) is 64.4 Å². The Morgan fingerprint density at radius 1 is 1.05 bits per heavy atom. The molecule has 16 nitrogen and oxygen atoms in total. The lowest BCUT2D eigenvalue weighted by Crippen LogP contribution is -2.69. The number of piperazine rings is 1. The molecule has 4 unspecified atom stereocenters. The second-order valence-corrected chi connectivity index (χ2v) is 18.4. The number of ether oxygens (including phenoxy) is 5. The number of aromatic hydroxyl groups is 1. The van der Waals surface area contributed by atoms with Crippen LogP contribution in [0.3, 0.4) is 0 Å². The second-order valence-electron chi connectivity index (χ2n) is 15.9. The highest BCUT2D eigenvalue weighted by molar-refractivity contribution is 8.00. The number of aryl methyl sites for hydroxylation is 1.